The van der Waals surface area contributed by atoms with Crippen LogP contribution in [0.5, 0.6) is 0 Å². The van der Waals surface area contributed by atoms with Crippen LogP contribution < -0.4 is 5.32 Å². The van der Waals surface area contributed by atoms with Crippen molar-refractivity contribution in [1.82, 2.24) is 25.0 Å². The van der Waals surface area contributed by atoms with Crippen molar-refractivity contribution in [1.29, 1.82) is 0 Å². The molecule has 0 bridgehead atoms. The molecule has 2 aliphatic rings. The fourth-order valence-corrected chi connectivity index (χ4v) is 3.61. The molecule has 1 aromatic carbocycles. The third-order valence-electron chi connectivity index (χ3n) is 5.26. The van der Waals surface area contributed by atoms with Gasteiger partial charge in [-0.15, -0.1) is 0 Å². The number of aromatic nitrogens is 3. The van der Waals surface area contributed by atoms with E-state index < -0.39 is 17.3 Å². The van der Waals surface area contributed by atoms with Gasteiger partial charge in [-0.1, -0.05) is 12.6 Å². The van der Waals surface area contributed by atoms with E-state index >= 15 is 0 Å². The Morgan fingerprint density at radius 3 is 2.90 bits per heavy atom. The third kappa shape index (κ3) is 3.70. The minimum absolute atomic E-state index is 0.0610. The Balaban J connectivity index is 1.60. The molecule has 9 nitrogen and oxygen atoms in total. The number of aryl methyl sites for hydroxylation is 1. The molecule has 1 aromatic heterocycles. The number of morpholine rings is 1. The van der Waals surface area contributed by atoms with Crippen molar-refractivity contribution in [3.05, 3.63) is 65.5 Å². The summed E-state index contributed by atoms with van der Waals surface area (Å²) in [6.45, 7) is 10.3. The number of amidine groups is 1. The molecule has 1 amide bonds. The van der Waals surface area contributed by atoms with Gasteiger partial charge in [0.05, 0.1) is 18.0 Å². The zero-order valence-corrected chi connectivity index (χ0v) is 17.5. The lowest BCUT2D eigenvalue weighted by molar-refractivity contribution is -0.117. The van der Waals surface area contributed by atoms with Crippen LogP contribution in [0, 0.1) is 12.7 Å². The first-order valence-corrected chi connectivity index (χ1v) is 9.76. The number of halogens is 1. The number of rotatable bonds is 4. The van der Waals surface area contributed by atoms with E-state index in [0.29, 0.717) is 41.8 Å². The van der Waals surface area contributed by atoms with Gasteiger partial charge in [0, 0.05) is 13.1 Å². The lowest BCUT2D eigenvalue weighted by atomic mass is 10.0. The predicted molar refractivity (Wildman–Crippen MR) is 111 cm³/mol. The molecule has 0 radical (unpaired) electrons. The maximum Gasteiger partial charge on any atom is 0.274 e. The van der Waals surface area contributed by atoms with E-state index in [2.05, 4.69) is 27.0 Å². The average Bonchev–Trinajstić information content (AvgIpc) is 3.15. The molecular formula is C21H23FN6O3. The fourth-order valence-electron chi connectivity index (χ4n) is 3.61. The molecule has 162 valence electrons. The Bertz CT molecular complexity index is 1130. The second-order valence-electron chi connectivity index (χ2n) is 7.76. The summed E-state index contributed by atoms with van der Waals surface area (Å²) in [4.78, 5) is 23.1. The van der Waals surface area contributed by atoms with Crippen LogP contribution in [0.1, 0.15) is 25.2 Å². The number of aliphatic imine (C=N–C) groups is 1. The number of amides is 1. The second-order valence-corrected chi connectivity index (χ2v) is 7.76. The first-order chi connectivity index (χ1) is 14.7. The van der Waals surface area contributed by atoms with Gasteiger partial charge in [0.2, 0.25) is 0 Å². The highest BCUT2D eigenvalue weighted by Gasteiger charge is 2.40. The smallest absolute Gasteiger partial charge is 0.274 e. The molecule has 31 heavy (non-hydrogen) atoms. The number of carbonyl (C=O) groups excluding carboxylic acids is 1. The summed E-state index contributed by atoms with van der Waals surface area (Å²) in [6, 6.07) is 4.19. The minimum atomic E-state index is -0.734. The Kier molecular flexibility index (Phi) is 5.10. The average molecular weight is 426 g/mol. The van der Waals surface area contributed by atoms with Crippen molar-refractivity contribution in [2.45, 2.75) is 32.9 Å². The summed E-state index contributed by atoms with van der Waals surface area (Å²) in [7, 11) is 0. The lowest BCUT2D eigenvalue weighted by Gasteiger charge is -2.43. The number of carbonyl (C=O) groups is 1. The molecule has 3 heterocycles. The molecule has 2 N–H and O–H groups in total. The van der Waals surface area contributed by atoms with Crippen molar-refractivity contribution >= 4 is 11.7 Å². The van der Waals surface area contributed by atoms with E-state index in [0.717, 1.165) is 0 Å². The first-order valence-electron chi connectivity index (χ1n) is 9.76. The molecule has 0 spiro atoms. The molecule has 1 saturated heterocycles. The number of fused-ring (bicyclic) bond motifs is 1. The molecule has 2 aromatic rings. The fraction of sp³-hybridized carbons (Fsp3) is 0.333. The Labute approximate surface area is 178 Å². The number of nitrogens with zero attached hydrogens (tertiary/aromatic N) is 5. The minimum Gasteiger partial charge on any atom is -0.504 e. The second kappa shape index (κ2) is 7.62. The van der Waals surface area contributed by atoms with Crippen LogP contribution in [-0.4, -0.2) is 55.3 Å². The summed E-state index contributed by atoms with van der Waals surface area (Å²) in [5.74, 6) is -0.223. The molecular weight excluding hydrogens is 403 g/mol. The molecule has 2 aliphatic heterocycles. The Hall–Kier alpha value is -3.53. The summed E-state index contributed by atoms with van der Waals surface area (Å²) in [5.41, 5.74) is 0.500. The van der Waals surface area contributed by atoms with Gasteiger partial charge in [-0.3, -0.25) is 4.79 Å². The Morgan fingerprint density at radius 1 is 1.42 bits per heavy atom. The first kappa shape index (κ1) is 20.7. The van der Waals surface area contributed by atoms with Gasteiger partial charge in [0.25, 0.3) is 5.91 Å². The molecule has 10 heteroatoms. The summed E-state index contributed by atoms with van der Waals surface area (Å²) in [5, 5.41) is 17.4. The van der Waals surface area contributed by atoms with Crippen molar-refractivity contribution in [3.63, 3.8) is 0 Å². The Morgan fingerprint density at radius 2 is 2.19 bits per heavy atom. The summed E-state index contributed by atoms with van der Waals surface area (Å²) < 4.78 is 21.1. The van der Waals surface area contributed by atoms with Crippen LogP contribution >= 0.6 is 0 Å². The van der Waals surface area contributed by atoms with Crippen LogP contribution in [0.25, 0.3) is 5.69 Å². The molecule has 0 aliphatic carbocycles. The van der Waals surface area contributed by atoms with E-state index in [-0.39, 0.29) is 18.0 Å². The van der Waals surface area contributed by atoms with E-state index in [9.17, 15) is 14.3 Å². The van der Waals surface area contributed by atoms with E-state index in [4.69, 9.17) is 4.74 Å². The number of aliphatic hydroxyl groups is 1. The maximum absolute atomic E-state index is 13.9. The van der Waals surface area contributed by atoms with Crippen LogP contribution in [0.2, 0.25) is 0 Å². The largest absolute Gasteiger partial charge is 0.504 e. The van der Waals surface area contributed by atoms with Crippen molar-refractivity contribution in [3.8, 4) is 5.69 Å². The molecule has 0 unspecified atom stereocenters. The number of hydrogen-bond acceptors (Lipinski definition) is 7. The van der Waals surface area contributed by atoms with Crippen LogP contribution in [0.4, 0.5) is 4.39 Å². The van der Waals surface area contributed by atoms with Crippen molar-refractivity contribution in [2.75, 3.05) is 13.2 Å². The third-order valence-corrected chi connectivity index (χ3v) is 5.26. The van der Waals surface area contributed by atoms with Crippen LogP contribution in [0.15, 0.2) is 53.3 Å². The molecule has 1 fully saturated rings. The van der Waals surface area contributed by atoms with Gasteiger partial charge in [0.1, 0.15) is 29.4 Å². The standard InChI is InChI=1S/C21H23FN6O3/c1-12-18(29)17(26-20-21(3,4)31-8-7-27(12)20)19(30)23-10-14-5-6-15(22)9-16(14)28-13(2)24-11-25-28/h5-6,9,11,29H,1,7-8,10H2,2-4H3,(H,23,30). The summed E-state index contributed by atoms with van der Waals surface area (Å²) >= 11 is 0. The van der Waals surface area contributed by atoms with E-state index in [1.165, 1.54) is 23.1 Å². The van der Waals surface area contributed by atoms with E-state index in [1.54, 1.807) is 17.9 Å². The number of ether oxygens (including phenoxy) is 1. The molecule has 0 atom stereocenters. The number of benzene rings is 1. The van der Waals surface area contributed by atoms with Gasteiger partial charge in [-0.2, -0.15) is 5.10 Å². The van der Waals surface area contributed by atoms with Gasteiger partial charge in [-0.05, 0) is 38.5 Å². The van der Waals surface area contributed by atoms with Crippen molar-refractivity contribution < 1.29 is 19.0 Å². The highest BCUT2D eigenvalue weighted by Crippen LogP contribution is 2.31. The number of hydrogen-bond donors (Lipinski definition) is 2. The monoisotopic (exact) mass is 426 g/mol. The normalized spacial score (nSPS) is 18.0. The SMILES string of the molecule is C=C1C(O)=C(C(=O)NCc2ccc(F)cc2-n2ncnc2C)N=C2N1CCOC2(C)C. The zero-order valence-electron chi connectivity index (χ0n) is 17.5. The molecule has 0 saturated carbocycles. The predicted octanol–water partition coefficient (Wildman–Crippen LogP) is 2.14. The van der Waals surface area contributed by atoms with E-state index in [1.807, 2.05) is 13.8 Å². The number of nitrogens with one attached hydrogen (secondary N) is 1. The van der Waals surface area contributed by atoms with Gasteiger partial charge in [-0.25, -0.2) is 19.0 Å². The van der Waals surface area contributed by atoms with Gasteiger partial charge < -0.3 is 20.1 Å². The maximum atomic E-state index is 13.9. The zero-order chi connectivity index (χ0) is 22.3. The summed E-state index contributed by atoms with van der Waals surface area (Å²) in [6.07, 6.45) is 1.37. The van der Waals surface area contributed by atoms with Crippen LogP contribution in [-0.2, 0) is 16.1 Å². The van der Waals surface area contributed by atoms with Gasteiger partial charge in [0.15, 0.2) is 11.5 Å². The molecule has 4 rings (SSSR count). The highest BCUT2D eigenvalue weighted by atomic mass is 19.1. The highest BCUT2D eigenvalue weighted by molar-refractivity contribution is 6.02. The van der Waals surface area contributed by atoms with Crippen molar-refractivity contribution in [2.24, 2.45) is 4.99 Å². The van der Waals surface area contributed by atoms with Crippen LogP contribution in [0.3, 0.4) is 0 Å². The quantitative estimate of drug-likeness (QED) is 0.776. The topological polar surface area (TPSA) is 105 Å². The number of aliphatic hydroxyl groups excluding tert-OH is 1. The lowest BCUT2D eigenvalue weighted by Crippen LogP contribution is -2.54. The van der Waals surface area contributed by atoms with Gasteiger partial charge >= 0.3 is 0 Å².